The van der Waals surface area contributed by atoms with Crippen molar-refractivity contribution in [3.8, 4) is 5.75 Å². The Labute approximate surface area is 145 Å². The molecule has 1 aromatic carbocycles. The molecule has 1 aliphatic carbocycles. The normalized spacial score (nSPS) is 16.8. The van der Waals surface area contributed by atoms with Crippen LogP contribution in [0.1, 0.15) is 63.6 Å². The van der Waals surface area contributed by atoms with Gasteiger partial charge in [0.05, 0.1) is 12.6 Å². The van der Waals surface area contributed by atoms with Crippen LogP contribution in [0.25, 0.3) is 0 Å². The van der Waals surface area contributed by atoms with E-state index in [1.54, 1.807) is 0 Å². The van der Waals surface area contributed by atoms with Gasteiger partial charge in [0.25, 0.3) is 0 Å². The zero-order valence-corrected chi connectivity index (χ0v) is 15.3. The topological polar surface area (TPSA) is 50.4 Å². The second kappa shape index (κ2) is 8.76. The van der Waals surface area contributed by atoms with Crippen molar-refractivity contribution in [2.45, 2.75) is 59.4 Å². The summed E-state index contributed by atoms with van der Waals surface area (Å²) in [5.41, 5.74) is 3.42. The molecule has 0 aliphatic heterocycles. The molecule has 0 bridgehead atoms. The van der Waals surface area contributed by atoms with Gasteiger partial charge in [-0.15, -0.1) is 0 Å². The molecule has 132 valence electrons. The van der Waals surface area contributed by atoms with Gasteiger partial charge in [0.2, 0.25) is 0 Å². The average molecular weight is 330 g/mol. The van der Waals surface area contributed by atoms with Gasteiger partial charge in [-0.2, -0.15) is 0 Å². The lowest BCUT2D eigenvalue weighted by atomic mass is 10.0. The van der Waals surface area contributed by atoms with Crippen LogP contribution in [-0.2, 0) is 0 Å². The third kappa shape index (κ3) is 5.02. The van der Waals surface area contributed by atoms with Gasteiger partial charge in [0.1, 0.15) is 5.75 Å². The summed E-state index contributed by atoms with van der Waals surface area (Å²) >= 11 is 0. The van der Waals surface area contributed by atoms with Crippen molar-refractivity contribution >= 4 is 6.03 Å². The second-order valence-electron chi connectivity index (χ2n) is 6.68. The van der Waals surface area contributed by atoms with E-state index in [9.17, 15) is 4.79 Å². The van der Waals surface area contributed by atoms with Crippen molar-refractivity contribution in [2.75, 3.05) is 6.61 Å². The summed E-state index contributed by atoms with van der Waals surface area (Å²) in [6.07, 6.45) is 6.93. The standard InChI is InChI=1S/C20H30N2O2/c1-5-24-19-11-10-14(2)12-18(19)16(4)22-20(23)21-13-15(3)17-8-6-7-9-17/h10-13,16-17H,5-9H2,1-4H3,(H2,21,22,23)/b15-13+. The number of hydrogen-bond donors (Lipinski definition) is 2. The molecular weight excluding hydrogens is 300 g/mol. The number of ether oxygens (including phenoxy) is 1. The van der Waals surface area contributed by atoms with Crippen LogP contribution in [0, 0.1) is 12.8 Å². The van der Waals surface area contributed by atoms with Crippen LogP contribution in [0.4, 0.5) is 4.79 Å². The highest BCUT2D eigenvalue weighted by Crippen LogP contribution is 2.30. The summed E-state index contributed by atoms with van der Waals surface area (Å²) in [6.45, 7) is 8.70. The molecule has 0 saturated heterocycles. The molecule has 0 radical (unpaired) electrons. The average Bonchev–Trinajstić information content (AvgIpc) is 3.09. The molecule has 1 fully saturated rings. The largest absolute Gasteiger partial charge is 0.494 e. The number of allylic oxidation sites excluding steroid dienone is 1. The molecule has 1 saturated carbocycles. The highest BCUT2D eigenvalue weighted by atomic mass is 16.5. The number of rotatable bonds is 6. The number of benzene rings is 1. The van der Waals surface area contributed by atoms with Gasteiger partial charge in [0.15, 0.2) is 0 Å². The number of urea groups is 1. The first kappa shape index (κ1) is 18.4. The molecule has 1 aliphatic rings. The third-order valence-corrected chi connectivity index (χ3v) is 4.71. The van der Waals surface area contributed by atoms with E-state index in [1.165, 1.54) is 31.3 Å². The zero-order chi connectivity index (χ0) is 17.5. The molecule has 1 aromatic rings. The number of carbonyl (C=O) groups excluding carboxylic acids is 1. The van der Waals surface area contributed by atoms with Crippen LogP contribution >= 0.6 is 0 Å². The van der Waals surface area contributed by atoms with E-state index >= 15 is 0 Å². The number of hydrogen-bond acceptors (Lipinski definition) is 2. The van der Waals surface area contributed by atoms with Gasteiger partial charge in [0, 0.05) is 11.8 Å². The van der Waals surface area contributed by atoms with Gasteiger partial charge in [-0.1, -0.05) is 36.1 Å². The van der Waals surface area contributed by atoms with Crippen LogP contribution in [0.3, 0.4) is 0 Å². The van der Waals surface area contributed by atoms with Crippen LogP contribution in [-0.4, -0.2) is 12.6 Å². The molecule has 2 amide bonds. The Morgan fingerprint density at radius 2 is 2.08 bits per heavy atom. The zero-order valence-electron chi connectivity index (χ0n) is 15.3. The van der Waals surface area contributed by atoms with E-state index in [0.29, 0.717) is 12.5 Å². The minimum absolute atomic E-state index is 0.119. The van der Waals surface area contributed by atoms with E-state index in [0.717, 1.165) is 16.9 Å². The van der Waals surface area contributed by atoms with Gasteiger partial charge in [-0.05, 0) is 52.5 Å². The molecule has 2 N–H and O–H groups in total. The maximum atomic E-state index is 12.2. The van der Waals surface area contributed by atoms with Crippen LogP contribution in [0.5, 0.6) is 5.75 Å². The first-order valence-corrected chi connectivity index (χ1v) is 8.98. The van der Waals surface area contributed by atoms with Gasteiger partial charge in [-0.25, -0.2) is 4.79 Å². The molecule has 1 unspecified atom stereocenters. The molecule has 4 heteroatoms. The fraction of sp³-hybridized carbons (Fsp3) is 0.550. The highest BCUT2D eigenvalue weighted by Gasteiger charge is 2.17. The lowest BCUT2D eigenvalue weighted by Gasteiger charge is -2.19. The Morgan fingerprint density at radius 3 is 2.75 bits per heavy atom. The Balaban J connectivity index is 1.96. The maximum absolute atomic E-state index is 12.2. The number of amides is 2. The second-order valence-corrected chi connectivity index (χ2v) is 6.68. The summed E-state index contributed by atoms with van der Waals surface area (Å²) in [6, 6.07) is 5.76. The fourth-order valence-corrected chi connectivity index (χ4v) is 3.29. The predicted octanol–water partition coefficient (Wildman–Crippen LogP) is 4.85. The van der Waals surface area contributed by atoms with Crippen LogP contribution < -0.4 is 15.4 Å². The Hall–Kier alpha value is -1.97. The van der Waals surface area contributed by atoms with E-state index in [-0.39, 0.29) is 12.1 Å². The molecule has 0 heterocycles. The number of aryl methyl sites for hydroxylation is 1. The molecule has 24 heavy (non-hydrogen) atoms. The lowest BCUT2D eigenvalue weighted by Crippen LogP contribution is -2.34. The first-order valence-electron chi connectivity index (χ1n) is 8.98. The molecular formula is C20H30N2O2. The van der Waals surface area contributed by atoms with Crippen molar-refractivity contribution < 1.29 is 9.53 Å². The molecule has 0 aromatic heterocycles. The Kier molecular flexibility index (Phi) is 6.71. The van der Waals surface area contributed by atoms with Crippen molar-refractivity contribution in [1.29, 1.82) is 0 Å². The smallest absolute Gasteiger partial charge is 0.319 e. The first-order chi connectivity index (χ1) is 11.5. The van der Waals surface area contributed by atoms with E-state index in [1.807, 2.05) is 39.1 Å². The summed E-state index contributed by atoms with van der Waals surface area (Å²) in [4.78, 5) is 12.2. The van der Waals surface area contributed by atoms with E-state index in [2.05, 4.69) is 23.6 Å². The fourth-order valence-electron chi connectivity index (χ4n) is 3.29. The Bertz CT molecular complexity index is 589. The lowest BCUT2D eigenvalue weighted by molar-refractivity contribution is 0.240. The summed E-state index contributed by atoms with van der Waals surface area (Å²) in [5, 5.41) is 5.87. The molecule has 1 atom stereocenters. The molecule has 0 spiro atoms. The summed E-state index contributed by atoms with van der Waals surface area (Å²) in [5.74, 6) is 1.46. The minimum atomic E-state index is -0.177. The quantitative estimate of drug-likeness (QED) is 0.783. The minimum Gasteiger partial charge on any atom is -0.494 e. The monoisotopic (exact) mass is 330 g/mol. The summed E-state index contributed by atoms with van der Waals surface area (Å²) in [7, 11) is 0. The van der Waals surface area contributed by atoms with E-state index < -0.39 is 0 Å². The van der Waals surface area contributed by atoms with E-state index in [4.69, 9.17) is 4.74 Å². The van der Waals surface area contributed by atoms with Crippen LogP contribution in [0.2, 0.25) is 0 Å². The van der Waals surface area contributed by atoms with Crippen molar-refractivity contribution in [2.24, 2.45) is 5.92 Å². The third-order valence-electron chi connectivity index (χ3n) is 4.71. The van der Waals surface area contributed by atoms with Gasteiger partial charge in [-0.3, -0.25) is 0 Å². The summed E-state index contributed by atoms with van der Waals surface area (Å²) < 4.78 is 5.68. The maximum Gasteiger partial charge on any atom is 0.319 e. The SMILES string of the molecule is CCOc1ccc(C)cc1C(C)NC(=O)N/C=C(\C)C1CCCC1. The van der Waals surface area contributed by atoms with Gasteiger partial charge < -0.3 is 15.4 Å². The number of carbonyl (C=O) groups is 1. The highest BCUT2D eigenvalue weighted by molar-refractivity contribution is 5.75. The predicted molar refractivity (Wildman–Crippen MR) is 98.1 cm³/mol. The molecule has 4 nitrogen and oxygen atoms in total. The van der Waals surface area contributed by atoms with Crippen molar-refractivity contribution in [1.82, 2.24) is 10.6 Å². The number of nitrogens with one attached hydrogen (secondary N) is 2. The Morgan fingerprint density at radius 1 is 1.38 bits per heavy atom. The van der Waals surface area contributed by atoms with Gasteiger partial charge >= 0.3 is 6.03 Å². The van der Waals surface area contributed by atoms with Crippen LogP contribution in [0.15, 0.2) is 30.0 Å². The molecule has 2 rings (SSSR count). The van der Waals surface area contributed by atoms with Crippen molar-refractivity contribution in [3.05, 3.63) is 41.1 Å². The van der Waals surface area contributed by atoms with Crippen molar-refractivity contribution in [3.63, 3.8) is 0 Å².